The van der Waals surface area contributed by atoms with Gasteiger partial charge in [-0.25, -0.2) is 0 Å². The molecule has 1 amide bonds. The third-order valence-corrected chi connectivity index (χ3v) is 5.01. The summed E-state index contributed by atoms with van der Waals surface area (Å²) in [6.07, 6.45) is 2.83. The van der Waals surface area contributed by atoms with Crippen molar-refractivity contribution >= 4 is 40.3 Å². The third kappa shape index (κ3) is 3.54. The molecule has 2 nitrogen and oxygen atoms in total. The van der Waals surface area contributed by atoms with Crippen LogP contribution < -0.4 is 0 Å². The molecule has 0 bridgehead atoms. The summed E-state index contributed by atoms with van der Waals surface area (Å²) < 4.78 is 0.656. The van der Waals surface area contributed by atoms with Gasteiger partial charge in [-0.1, -0.05) is 85.5 Å². The Kier molecular flexibility index (Phi) is 4.94. The topological polar surface area (TPSA) is 20.3 Å². The van der Waals surface area contributed by atoms with Gasteiger partial charge in [-0.2, -0.15) is 0 Å². The average molecular weight is 339 g/mol. The van der Waals surface area contributed by atoms with Gasteiger partial charge in [0.25, 0.3) is 5.91 Å². The largest absolute Gasteiger partial charge is 0.293 e. The van der Waals surface area contributed by atoms with Crippen molar-refractivity contribution in [2.45, 2.75) is 13.3 Å². The van der Waals surface area contributed by atoms with Crippen molar-refractivity contribution in [2.24, 2.45) is 0 Å². The monoisotopic (exact) mass is 339 g/mol. The zero-order valence-corrected chi connectivity index (χ0v) is 14.5. The number of rotatable bonds is 4. The van der Waals surface area contributed by atoms with Crippen LogP contribution in [0.1, 0.15) is 18.9 Å². The lowest BCUT2D eigenvalue weighted by Gasteiger charge is -2.11. The van der Waals surface area contributed by atoms with Crippen LogP contribution in [-0.2, 0) is 4.79 Å². The Morgan fingerprint density at radius 3 is 2.35 bits per heavy atom. The van der Waals surface area contributed by atoms with Crippen molar-refractivity contribution in [3.8, 4) is 11.1 Å². The fourth-order valence-electron chi connectivity index (χ4n) is 2.47. The molecular weight excluding hydrogens is 322 g/mol. The number of hydrogen-bond acceptors (Lipinski definition) is 3. The summed E-state index contributed by atoms with van der Waals surface area (Å²) in [5.74, 6) is 0.0222. The molecule has 0 aliphatic carbocycles. The highest BCUT2D eigenvalue weighted by Crippen LogP contribution is 2.32. The van der Waals surface area contributed by atoms with Crippen LogP contribution in [0.3, 0.4) is 0 Å². The van der Waals surface area contributed by atoms with E-state index in [-0.39, 0.29) is 5.91 Å². The maximum absolute atomic E-state index is 12.3. The first-order chi connectivity index (χ1) is 11.2. The van der Waals surface area contributed by atoms with Gasteiger partial charge < -0.3 is 0 Å². The summed E-state index contributed by atoms with van der Waals surface area (Å²) in [6.45, 7) is 2.74. The Labute approximate surface area is 146 Å². The molecule has 23 heavy (non-hydrogen) atoms. The first-order valence-corrected chi connectivity index (χ1v) is 8.82. The molecule has 4 heteroatoms. The molecule has 0 spiro atoms. The van der Waals surface area contributed by atoms with Gasteiger partial charge in [0.2, 0.25) is 0 Å². The number of carbonyl (C=O) groups is 1. The van der Waals surface area contributed by atoms with E-state index in [0.717, 1.165) is 12.0 Å². The number of thiocarbonyl (C=S) groups is 1. The highest BCUT2D eigenvalue weighted by atomic mass is 32.2. The van der Waals surface area contributed by atoms with Crippen molar-refractivity contribution in [2.75, 3.05) is 6.54 Å². The number of nitrogens with zero attached hydrogens (tertiary/aromatic N) is 1. The van der Waals surface area contributed by atoms with Gasteiger partial charge in [-0.05, 0) is 29.2 Å². The molecule has 1 aliphatic rings. The summed E-state index contributed by atoms with van der Waals surface area (Å²) in [5, 5.41) is 0. The van der Waals surface area contributed by atoms with Crippen molar-refractivity contribution < 1.29 is 4.79 Å². The predicted molar refractivity (Wildman–Crippen MR) is 102 cm³/mol. The van der Waals surface area contributed by atoms with Gasteiger partial charge >= 0.3 is 0 Å². The second kappa shape index (κ2) is 7.11. The Morgan fingerprint density at radius 1 is 1.04 bits per heavy atom. The molecule has 1 saturated heterocycles. The van der Waals surface area contributed by atoms with Crippen LogP contribution in [0.25, 0.3) is 17.2 Å². The summed E-state index contributed by atoms with van der Waals surface area (Å²) in [6, 6.07) is 18.5. The van der Waals surface area contributed by atoms with Gasteiger partial charge in [0.15, 0.2) is 0 Å². The number of amides is 1. The number of carbonyl (C=O) groups excluding carboxylic acids is 1. The molecule has 1 heterocycles. The predicted octanol–water partition coefficient (Wildman–Crippen LogP) is 4.96. The summed E-state index contributed by atoms with van der Waals surface area (Å²) >= 11 is 6.67. The van der Waals surface area contributed by atoms with Crippen molar-refractivity contribution in [1.82, 2.24) is 4.90 Å². The number of hydrogen-bond donors (Lipinski definition) is 0. The molecule has 0 N–H and O–H groups in total. The minimum absolute atomic E-state index is 0.0222. The number of thioether (sulfide) groups is 1. The van der Waals surface area contributed by atoms with Crippen LogP contribution in [0, 0.1) is 0 Å². The lowest BCUT2D eigenvalue weighted by atomic mass is 10.0. The summed E-state index contributed by atoms with van der Waals surface area (Å²) in [5.41, 5.74) is 3.37. The lowest BCUT2D eigenvalue weighted by molar-refractivity contribution is -0.122. The Hall–Kier alpha value is -1.91. The zero-order valence-electron chi connectivity index (χ0n) is 12.9. The quantitative estimate of drug-likeness (QED) is 0.580. The minimum atomic E-state index is 0.0222. The van der Waals surface area contributed by atoms with E-state index in [2.05, 4.69) is 24.3 Å². The maximum Gasteiger partial charge on any atom is 0.266 e. The molecule has 0 radical (unpaired) electrons. The summed E-state index contributed by atoms with van der Waals surface area (Å²) in [4.78, 5) is 14.7. The van der Waals surface area contributed by atoms with Crippen molar-refractivity contribution in [1.29, 1.82) is 0 Å². The third-order valence-electron chi connectivity index (χ3n) is 3.64. The van der Waals surface area contributed by atoms with Gasteiger partial charge in [0, 0.05) is 6.54 Å². The van der Waals surface area contributed by atoms with E-state index >= 15 is 0 Å². The smallest absolute Gasteiger partial charge is 0.266 e. The fourth-order valence-corrected chi connectivity index (χ4v) is 3.78. The zero-order chi connectivity index (χ0) is 16.2. The number of benzene rings is 2. The van der Waals surface area contributed by atoms with Crippen LogP contribution in [-0.4, -0.2) is 21.7 Å². The molecule has 1 fully saturated rings. The standard InChI is InChI=1S/C19H17NOS2/c1-2-12-20-18(21)17(23-19(20)22)13-14-8-10-16(11-9-14)15-6-4-3-5-7-15/h3-11,13H,2,12H2,1H3. The first-order valence-electron chi connectivity index (χ1n) is 7.60. The molecule has 0 aromatic heterocycles. The van der Waals surface area contributed by atoms with Gasteiger partial charge in [0.05, 0.1) is 4.91 Å². The van der Waals surface area contributed by atoms with E-state index < -0.39 is 0 Å². The van der Waals surface area contributed by atoms with Gasteiger partial charge in [-0.15, -0.1) is 0 Å². The van der Waals surface area contributed by atoms with E-state index in [4.69, 9.17) is 12.2 Å². The highest BCUT2D eigenvalue weighted by molar-refractivity contribution is 8.26. The van der Waals surface area contributed by atoms with E-state index in [1.807, 2.05) is 43.3 Å². The highest BCUT2D eigenvalue weighted by Gasteiger charge is 2.30. The van der Waals surface area contributed by atoms with Crippen LogP contribution in [0.15, 0.2) is 59.5 Å². The molecule has 0 atom stereocenters. The Morgan fingerprint density at radius 2 is 1.70 bits per heavy atom. The molecule has 0 saturated carbocycles. The Bertz CT molecular complexity index is 751. The van der Waals surface area contributed by atoms with E-state index in [1.165, 1.54) is 22.9 Å². The fraction of sp³-hybridized carbons (Fsp3) is 0.158. The van der Waals surface area contributed by atoms with Gasteiger partial charge in [0.1, 0.15) is 4.32 Å². The molecule has 1 aliphatic heterocycles. The molecule has 116 valence electrons. The molecule has 2 aromatic carbocycles. The van der Waals surface area contributed by atoms with Crippen LogP contribution in [0.2, 0.25) is 0 Å². The lowest BCUT2D eigenvalue weighted by Crippen LogP contribution is -2.28. The van der Waals surface area contributed by atoms with Crippen molar-refractivity contribution in [3.05, 3.63) is 65.1 Å². The van der Waals surface area contributed by atoms with E-state index in [1.54, 1.807) is 4.90 Å². The SMILES string of the molecule is CCCN1C(=O)C(=Cc2ccc(-c3ccccc3)cc2)SC1=S. The molecule has 0 unspecified atom stereocenters. The van der Waals surface area contributed by atoms with Crippen molar-refractivity contribution in [3.63, 3.8) is 0 Å². The average Bonchev–Trinajstić information content (AvgIpc) is 2.84. The maximum atomic E-state index is 12.3. The van der Waals surface area contributed by atoms with E-state index in [0.29, 0.717) is 15.8 Å². The molecule has 2 aromatic rings. The molecule has 3 rings (SSSR count). The van der Waals surface area contributed by atoms with Crippen LogP contribution in [0.4, 0.5) is 0 Å². The second-order valence-electron chi connectivity index (χ2n) is 5.32. The Balaban J connectivity index is 1.81. The summed E-state index contributed by atoms with van der Waals surface area (Å²) in [7, 11) is 0. The second-order valence-corrected chi connectivity index (χ2v) is 7.00. The van der Waals surface area contributed by atoms with E-state index in [9.17, 15) is 4.79 Å². The van der Waals surface area contributed by atoms with Crippen LogP contribution in [0.5, 0.6) is 0 Å². The first kappa shape index (κ1) is 16.0. The molecular formula is C19H17NOS2. The van der Waals surface area contributed by atoms with Gasteiger partial charge in [-0.3, -0.25) is 9.69 Å². The minimum Gasteiger partial charge on any atom is -0.293 e. The normalized spacial score (nSPS) is 16.4. The van der Waals surface area contributed by atoms with Crippen LogP contribution >= 0.6 is 24.0 Å².